The van der Waals surface area contributed by atoms with Gasteiger partial charge in [-0.3, -0.25) is 19.4 Å². The molecule has 1 N–H and O–H groups in total. The van der Waals surface area contributed by atoms with Crippen LogP contribution in [0.2, 0.25) is 5.02 Å². The molecule has 2 aliphatic heterocycles. The fraction of sp³-hybridized carbons (Fsp3) is 0.250. The summed E-state index contributed by atoms with van der Waals surface area (Å²) in [6.07, 6.45) is 0. The highest BCUT2D eigenvalue weighted by Gasteiger charge is 2.55. The van der Waals surface area contributed by atoms with E-state index >= 15 is 0 Å². The van der Waals surface area contributed by atoms with Gasteiger partial charge < -0.3 is 5.32 Å². The molecule has 3 amide bonds. The Balaban J connectivity index is 1.43. The molecule has 4 rings (SSSR count). The minimum atomic E-state index is -1.05. The van der Waals surface area contributed by atoms with Gasteiger partial charge in [0.2, 0.25) is 5.91 Å². The van der Waals surface area contributed by atoms with Crippen LogP contribution in [0.15, 0.2) is 52.8 Å². The van der Waals surface area contributed by atoms with Crippen molar-refractivity contribution in [2.45, 2.75) is 25.6 Å². The van der Waals surface area contributed by atoms with Crippen LogP contribution >= 0.6 is 11.6 Å². The summed E-state index contributed by atoms with van der Waals surface area (Å²) < 4.78 is 13.4. The van der Waals surface area contributed by atoms with E-state index in [1.165, 1.54) is 17.1 Å². The van der Waals surface area contributed by atoms with Gasteiger partial charge in [-0.2, -0.15) is 5.11 Å². The largest absolute Gasteiger partial charge is 0.350 e. The Labute approximate surface area is 176 Å². The number of carbonyl (C=O) groups is 3. The number of aryl methyl sites for hydroxylation is 1. The van der Waals surface area contributed by atoms with E-state index < -0.39 is 29.7 Å². The second-order valence-corrected chi connectivity index (χ2v) is 7.47. The molecule has 8 nitrogen and oxygen atoms in total. The number of fused-ring (bicyclic) bond motifs is 1. The number of imide groups is 1. The summed E-state index contributed by atoms with van der Waals surface area (Å²) in [4.78, 5) is 38.7. The Bertz CT molecular complexity index is 1060. The van der Waals surface area contributed by atoms with Crippen LogP contribution in [0, 0.1) is 12.7 Å². The van der Waals surface area contributed by atoms with Gasteiger partial charge in [0.05, 0.1) is 10.7 Å². The molecule has 2 heterocycles. The number of halogens is 2. The minimum absolute atomic E-state index is 0.143. The van der Waals surface area contributed by atoms with Crippen LogP contribution < -0.4 is 10.2 Å². The van der Waals surface area contributed by atoms with Gasteiger partial charge in [-0.25, -0.2) is 9.29 Å². The second-order valence-electron chi connectivity index (χ2n) is 7.06. The first-order chi connectivity index (χ1) is 14.3. The van der Waals surface area contributed by atoms with Crippen molar-refractivity contribution in [1.29, 1.82) is 0 Å². The van der Waals surface area contributed by atoms with Crippen molar-refractivity contribution < 1.29 is 18.8 Å². The SMILES string of the molecule is Cc1ccc(CNC(=O)CN2N=N[C@@H]3C(=O)N(c4ccc(F)c(Cl)c4)C(=O)[C@@H]32)cc1. The molecule has 0 unspecified atom stereocenters. The lowest BCUT2D eigenvalue weighted by Crippen LogP contribution is -2.44. The van der Waals surface area contributed by atoms with E-state index in [4.69, 9.17) is 11.6 Å². The second kappa shape index (κ2) is 7.83. The number of hydrogen-bond acceptors (Lipinski definition) is 6. The van der Waals surface area contributed by atoms with Crippen LogP contribution in [0.4, 0.5) is 10.1 Å². The number of rotatable bonds is 5. The van der Waals surface area contributed by atoms with Gasteiger partial charge in [0.15, 0.2) is 12.1 Å². The molecule has 0 spiro atoms. The van der Waals surface area contributed by atoms with Gasteiger partial charge in [-0.05, 0) is 30.7 Å². The maximum Gasteiger partial charge on any atom is 0.263 e. The third-order valence-corrected chi connectivity index (χ3v) is 5.22. The van der Waals surface area contributed by atoms with Crippen molar-refractivity contribution >= 4 is 35.0 Å². The predicted molar refractivity (Wildman–Crippen MR) is 106 cm³/mol. The quantitative estimate of drug-likeness (QED) is 0.738. The number of anilines is 1. The lowest BCUT2D eigenvalue weighted by molar-refractivity contribution is -0.125. The molecule has 0 bridgehead atoms. The third kappa shape index (κ3) is 3.63. The number of nitrogens with one attached hydrogen (secondary N) is 1. The summed E-state index contributed by atoms with van der Waals surface area (Å²) in [6.45, 7) is 2.07. The summed E-state index contributed by atoms with van der Waals surface area (Å²) in [5.74, 6) is -2.21. The molecular formula is C20H17ClFN5O3. The Hall–Kier alpha value is -3.33. The van der Waals surface area contributed by atoms with Gasteiger partial charge in [-0.1, -0.05) is 46.7 Å². The van der Waals surface area contributed by atoms with Crippen molar-refractivity contribution in [3.8, 4) is 0 Å². The fourth-order valence-electron chi connectivity index (χ4n) is 3.34. The van der Waals surface area contributed by atoms with Crippen LogP contribution in [0.3, 0.4) is 0 Å². The zero-order valence-corrected chi connectivity index (χ0v) is 16.6. The van der Waals surface area contributed by atoms with Gasteiger partial charge in [0.1, 0.15) is 12.4 Å². The van der Waals surface area contributed by atoms with Crippen molar-refractivity contribution in [3.63, 3.8) is 0 Å². The predicted octanol–water partition coefficient (Wildman–Crippen LogP) is 2.40. The molecule has 0 aliphatic carbocycles. The van der Waals surface area contributed by atoms with Crippen molar-refractivity contribution in [1.82, 2.24) is 10.3 Å². The first kappa shape index (κ1) is 20.0. The highest BCUT2D eigenvalue weighted by atomic mass is 35.5. The Morgan fingerprint density at radius 1 is 1.17 bits per heavy atom. The maximum absolute atomic E-state index is 13.4. The van der Waals surface area contributed by atoms with Crippen molar-refractivity contribution in [3.05, 3.63) is 64.4 Å². The number of amides is 3. The highest BCUT2D eigenvalue weighted by molar-refractivity contribution is 6.32. The molecule has 10 heteroatoms. The summed E-state index contributed by atoms with van der Waals surface area (Å²) in [6, 6.07) is 9.19. The van der Waals surface area contributed by atoms with E-state index in [0.29, 0.717) is 6.54 Å². The average molecular weight is 430 g/mol. The van der Waals surface area contributed by atoms with Crippen molar-refractivity contribution in [2.24, 2.45) is 10.3 Å². The minimum Gasteiger partial charge on any atom is -0.350 e. The molecule has 2 aromatic rings. The van der Waals surface area contributed by atoms with Crippen molar-refractivity contribution in [2.75, 3.05) is 11.4 Å². The number of benzene rings is 2. The van der Waals surface area contributed by atoms with E-state index in [2.05, 4.69) is 15.7 Å². The monoisotopic (exact) mass is 429 g/mol. The van der Waals surface area contributed by atoms with E-state index in [0.717, 1.165) is 22.1 Å². The molecule has 1 saturated heterocycles. The third-order valence-electron chi connectivity index (χ3n) is 4.94. The molecule has 0 radical (unpaired) electrons. The van der Waals surface area contributed by atoms with Crippen LogP contribution in [-0.2, 0) is 20.9 Å². The summed E-state index contributed by atoms with van der Waals surface area (Å²) in [5, 5.41) is 11.4. The standard InChI is InChI=1S/C20H17ClFN5O3/c1-11-2-4-12(5-3-11)9-23-16(28)10-26-18-17(24-25-26)19(29)27(20(18)30)13-6-7-15(22)14(21)8-13/h2-8,17-18H,9-10H2,1H3,(H,23,28)/t17-,18+/m0/s1. The molecule has 1 fully saturated rings. The van der Waals surface area contributed by atoms with Crippen LogP contribution in [0.1, 0.15) is 11.1 Å². The lowest BCUT2D eigenvalue weighted by atomic mass is 10.1. The molecule has 2 aromatic carbocycles. The first-order valence-electron chi connectivity index (χ1n) is 9.17. The van der Waals surface area contributed by atoms with E-state index in [-0.39, 0.29) is 23.2 Å². The van der Waals surface area contributed by atoms with Gasteiger partial charge >= 0.3 is 0 Å². The Kier molecular flexibility index (Phi) is 5.21. The Morgan fingerprint density at radius 3 is 2.60 bits per heavy atom. The van der Waals surface area contributed by atoms with Gasteiger partial charge in [-0.15, -0.1) is 0 Å². The summed E-state index contributed by atoms with van der Waals surface area (Å²) in [5.41, 5.74) is 2.19. The highest BCUT2D eigenvalue weighted by Crippen LogP contribution is 2.33. The summed E-state index contributed by atoms with van der Waals surface area (Å²) in [7, 11) is 0. The fourth-order valence-corrected chi connectivity index (χ4v) is 3.52. The van der Waals surface area contributed by atoms with Gasteiger partial charge in [0.25, 0.3) is 11.8 Å². The Morgan fingerprint density at radius 2 is 1.90 bits per heavy atom. The average Bonchev–Trinajstić information content (AvgIpc) is 3.23. The number of carbonyl (C=O) groups excluding carboxylic acids is 3. The number of nitrogens with zero attached hydrogens (tertiary/aromatic N) is 4. The molecule has 0 saturated carbocycles. The normalized spacial score (nSPS) is 20.1. The molecule has 2 aliphatic rings. The van der Waals surface area contributed by atoms with E-state index in [1.54, 1.807) is 0 Å². The number of hydrogen-bond donors (Lipinski definition) is 1. The molecule has 0 aromatic heterocycles. The van der Waals surface area contributed by atoms with E-state index in [1.807, 2.05) is 31.2 Å². The summed E-state index contributed by atoms with van der Waals surface area (Å²) >= 11 is 5.77. The topological polar surface area (TPSA) is 94.4 Å². The lowest BCUT2D eigenvalue weighted by Gasteiger charge is -2.20. The zero-order valence-electron chi connectivity index (χ0n) is 15.9. The van der Waals surface area contributed by atoms with Crippen LogP contribution in [0.5, 0.6) is 0 Å². The molecule has 154 valence electrons. The van der Waals surface area contributed by atoms with Gasteiger partial charge in [0, 0.05) is 6.54 Å². The molecule has 30 heavy (non-hydrogen) atoms. The smallest absolute Gasteiger partial charge is 0.263 e. The molecule has 2 atom stereocenters. The van der Waals surface area contributed by atoms with Crippen LogP contribution in [-0.4, -0.2) is 41.4 Å². The molecular weight excluding hydrogens is 413 g/mol. The first-order valence-corrected chi connectivity index (χ1v) is 9.55. The van der Waals surface area contributed by atoms with E-state index in [9.17, 15) is 18.8 Å². The zero-order chi connectivity index (χ0) is 21.4. The van der Waals surface area contributed by atoms with Crippen LogP contribution in [0.25, 0.3) is 0 Å². The maximum atomic E-state index is 13.4.